The Morgan fingerprint density at radius 3 is 2.15 bits per heavy atom. The summed E-state index contributed by atoms with van der Waals surface area (Å²) in [4.78, 5) is 35.5. The van der Waals surface area contributed by atoms with Gasteiger partial charge in [0.1, 0.15) is 6.33 Å². The Labute approximate surface area is 158 Å². The average molecular weight is 397 g/mol. The van der Waals surface area contributed by atoms with Crippen molar-refractivity contribution >= 4 is 53.1 Å². The lowest BCUT2D eigenvalue weighted by atomic mass is 10.2. The number of amides is 3. The Morgan fingerprint density at radius 2 is 1.65 bits per heavy atom. The molecule has 136 valence electrons. The predicted molar refractivity (Wildman–Crippen MR) is 96.8 cm³/mol. The van der Waals surface area contributed by atoms with Gasteiger partial charge < -0.3 is 0 Å². The Bertz CT molecular complexity index is 861. The number of hydrazone groups is 1. The molecule has 0 aliphatic rings. The number of anilines is 1. The van der Waals surface area contributed by atoms with Gasteiger partial charge in [-0.05, 0) is 12.1 Å². The molecule has 0 aliphatic heterocycles. The Kier molecular flexibility index (Phi) is 6.06. The van der Waals surface area contributed by atoms with Crippen molar-refractivity contribution in [3.8, 4) is 0 Å². The molecular weight excluding hydrogens is 383 g/mol. The Morgan fingerprint density at radius 1 is 1.08 bits per heavy atom. The Balaban J connectivity index is 2.49. The standard InChI is InChI=1S/C15H14Cl2N6O3/c1-9(24)22(19-7-12-13(16)5-4-6-14(12)17)15-20-18-8-21(15)23(10(2)25)11(3)26/h4-8H,1-3H3/b19-7+. The van der Waals surface area contributed by atoms with Crippen molar-refractivity contribution in [2.75, 3.05) is 10.0 Å². The summed E-state index contributed by atoms with van der Waals surface area (Å²) in [6.45, 7) is 3.61. The summed E-state index contributed by atoms with van der Waals surface area (Å²) in [5.74, 6) is -1.85. The highest BCUT2D eigenvalue weighted by molar-refractivity contribution is 6.38. The number of halogens is 2. The zero-order valence-electron chi connectivity index (χ0n) is 14.1. The van der Waals surface area contributed by atoms with Crippen molar-refractivity contribution in [3.05, 3.63) is 40.1 Å². The van der Waals surface area contributed by atoms with Crippen LogP contribution in [0.25, 0.3) is 0 Å². The summed E-state index contributed by atoms with van der Waals surface area (Å²) in [5.41, 5.74) is 0.392. The van der Waals surface area contributed by atoms with E-state index < -0.39 is 17.7 Å². The van der Waals surface area contributed by atoms with Gasteiger partial charge in [-0.3, -0.25) is 14.4 Å². The molecule has 3 amide bonds. The van der Waals surface area contributed by atoms with E-state index in [0.717, 1.165) is 21.0 Å². The van der Waals surface area contributed by atoms with Gasteiger partial charge in [0.15, 0.2) is 0 Å². The van der Waals surface area contributed by atoms with Crippen LogP contribution in [0.4, 0.5) is 5.95 Å². The van der Waals surface area contributed by atoms with Gasteiger partial charge in [-0.25, -0.2) is 0 Å². The third-order valence-electron chi connectivity index (χ3n) is 3.11. The minimum absolute atomic E-state index is 0.151. The summed E-state index contributed by atoms with van der Waals surface area (Å²) >= 11 is 12.1. The van der Waals surface area contributed by atoms with E-state index in [1.165, 1.54) is 27.0 Å². The topological polar surface area (TPSA) is 101 Å². The van der Waals surface area contributed by atoms with Crippen LogP contribution in [0.3, 0.4) is 0 Å². The van der Waals surface area contributed by atoms with Crippen molar-refractivity contribution in [2.24, 2.45) is 5.10 Å². The van der Waals surface area contributed by atoms with Crippen molar-refractivity contribution in [3.63, 3.8) is 0 Å². The fourth-order valence-corrected chi connectivity index (χ4v) is 2.55. The average Bonchev–Trinajstić information content (AvgIpc) is 2.98. The number of carbonyl (C=O) groups excluding carboxylic acids is 3. The normalized spacial score (nSPS) is 10.8. The van der Waals surface area contributed by atoms with Crippen LogP contribution >= 0.6 is 23.2 Å². The second-order valence-electron chi connectivity index (χ2n) is 5.04. The van der Waals surface area contributed by atoms with Gasteiger partial charge in [0.05, 0.1) is 16.3 Å². The minimum atomic E-state index is -0.583. The third kappa shape index (κ3) is 4.06. The molecule has 9 nitrogen and oxygen atoms in total. The van der Waals surface area contributed by atoms with E-state index in [-0.39, 0.29) is 5.95 Å². The smallest absolute Gasteiger partial charge is 0.273 e. The van der Waals surface area contributed by atoms with Crippen molar-refractivity contribution < 1.29 is 14.4 Å². The molecule has 0 fully saturated rings. The van der Waals surface area contributed by atoms with Gasteiger partial charge in [0.25, 0.3) is 5.95 Å². The molecule has 0 aliphatic carbocycles. The molecule has 2 rings (SSSR count). The number of imide groups is 1. The molecule has 0 unspecified atom stereocenters. The molecule has 0 bridgehead atoms. The summed E-state index contributed by atoms with van der Waals surface area (Å²) in [6, 6.07) is 4.89. The van der Waals surface area contributed by atoms with Crippen LogP contribution in [0.2, 0.25) is 10.0 Å². The molecule has 0 N–H and O–H groups in total. The van der Waals surface area contributed by atoms with Crippen LogP contribution in [0.15, 0.2) is 29.6 Å². The van der Waals surface area contributed by atoms with E-state index >= 15 is 0 Å². The van der Waals surface area contributed by atoms with Gasteiger partial charge in [0, 0.05) is 26.3 Å². The lowest BCUT2D eigenvalue weighted by Crippen LogP contribution is -2.44. The lowest BCUT2D eigenvalue weighted by Gasteiger charge is -2.22. The van der Waals surface area contributed by atoms with E-state index in [1.807, 2.05) is 0 Å². The summed E-state index contributed by atoms with van der Waals surface area (Å²) < 4.78 is 1.03. The minimum Gasteiger partial charge on any atom is -0.273 e. The monoisotopic (exact) mass is 396 g/mol. The van der Waals surface area contributed by atoms with Gasteiger partial charge >= 0.3 is 0 Å². The molecule has 0 radical (unpaired) electrons. The summed E-state index contributed by atoms with van der Waals surface area (Å²) in [5, 5.41) is 13.8. The quantitative estimate of drug-likeness (QED) is 0.580. The first kappa shape index (κ1) is 19.5. The highest BCUT2D eigenvalue weighted by Gasteiger charge is 2.25. The van der Waals surface area contributed by atoms with Gasteiger partial charge in [-0.2, -0.15) is 19.8 Å². The first-order valence-corrected chi connectivity index (χ1v) is 8.00. The van der Waals surface area contributed by atoms with Crippen LogP contribution in [0, 0.1) is 0 Å². The number of benzene rings is 1. The van der Waals surface area contributed by atoms with E-state index in [0.29, 0.717) is 15.6 Å². The first-order chi connectivity index (χ1) is 12.2. The van der Waals surface area contributed by atoms with Gasteiger partial charge in [-0.15, -0.1) is 10.2 Å². The van der Waals surface area contributed by atoms with Crippen LogP contribution in [-0.2, 0) is 14.4 Å². The number of hydrogen-bond donors (Lipinski definition) is 0. The second-order valence-corrected chi connectivity index (χ2v) is 5.85. The maximum Gasteiger partial charge on any atom is 0.274 e. The molecule has 0 spiro atoms. The van der Waals surface area contributed by atoms with Crippen LogP contribution in [-0.4, -0.2) is 38.8 Å². The number of hydrogen-bond acceptors (Lipinski definition) is 6. The third-order valence-corrected chi connectivity index (χ3v) is 3.77. The lowest BCUT2D eigenvalue weighted by molar-refractivity contribution is -0.126. The fraction of sp³-hybridized carbons (Fsp3) is 0.200. The maximum absolute atomic E-state index is 12.0. The molecule has 11 heteroatoms. The molecule has 0 saturated carbocycles. The maximum atomic E-state index is 12.0. The van der Waals surface area contributed by atoms with Crippen LogP contribution in [0.5, 0.6) is 0 Å². The van der Waals surface area contributed by atoms with Gasteiger partial charge in [-0.1, -0.05) is 29.3 Å². The molecule has 0 atom stereocenters. The fourth-order valence-electron chi connectivity index (χ4n) is 2.05. The molecule has 1 heterocycles. The van der Waals surface area contributed by atoms with Crippen molar-refractivity contribution in [1.82, 2.24) is 14.9 Å². The zero-order valence-corrected chi connectivity index (χ0v) is 15.6. The van der Waals surface area contributed by atoms with Crippen molar-refractivity contribution in [1.29, 1.82) is 0 Å². The molecular formula is C15H14Cl2N6O3. The summed E-state index contributed by atoms with van der Waals surface area (Å²) in [6.07, 6.45) is 2.39. The zero-order chi connectivity index (χ0) is 19.4. The molecule has 26 heavy (non-hydrogen) atoms. The number of aromatic nitrogens is 3. The van der Waals surface area contributed by atoms with E-state index in [2.05, 4.69) is 15.3 Å². The van der Waals surface area contributed by atoms with Crippen LogP contribution < -0.4 is 10.0 Å². The number of carbonyl (C=O) groups is 3. The first-order valence-electron chi connectivity index (χ1n) is 7.24. The van der Waals surface area contributed by atoms with E-state index in [1.54, 1.807) is 18.2 Å². The highest BCUT2D eigenvalue weighted by Crippen LogP contribution is 2.23. The highest BCUT2D eigenvalue weighted by atomic mass is 35.5. The van der Waals surface area contributed by atoms with Crippen molar-refractivity contribution in [2.45, 2.75) is 20.8 Å². The molecule has 0 saturated heterocycles. The largest absolute Gasteiger partial charge is 0.274 e. The molecule has 2 aromatic rings. The number of nitrogens with zero attached hydrogens (tertiary/aromatic N) is 6. The van der Waals surface area contributed by atoms with Gasteiger partial charge in [0.2, 0.25) is 17.7 Å². The number of rotatable bonds is 4. The second kappa shape index (κ2) is 8.07. The molecule has 1 aromatic heterocycles. The molecule has 1 aromatic carbocycles. The van der Waals surface area contributed by atoms with Crippen LogP contribution in [0.1, 0.15) is 26.3 Å². The Hall–Kier alpha value is -2.78. The summed E-state index contributed by atoms with van der Waals surface area (Å²) in [7, 11) is 0. The SMILES string of the molecule is CC(=O)N(/N=C/c1c(Cl)cccc1Cl)c1nncn1N(C(C)=O)C(C)=O. The van der Waals surface area contributed by atoms with E-state index in [9.17, 15) is 14.4 Å². The van der Waals surface area contributed by atoms with E-state index in [4.69, 9.17) is 23.2 Å². The predicted octanol–water partition coefficient (Wildman–Crippen LogP) is 2.00.